The van der Waals surface area contributed by atoms with Gasteiger partial charge in [-0.1, -0.05) is 36.4 Å². The summed E-state index contributed by atoms with van der Waals surface area (Å²) in [7, 11) is 0. The molecule has 0 aliphatic carbocycles. The first-order valence-corrected chi connectivity index (χ1v) is 8.64. The van der Waals surface area contributed by atoms with E-state index in [4.69, 9.17) is 0 Å². The molecule has 0 unspecified atom stereocenters. The van der Waals surface area contributed by atoms with Crippen molar-refractivity contribution in [2.24, 2.45) is 0 Å². The van der Waals surface area contributed by atoms with Crippen molar-refractivity contribution in [2.45, 2.75) is 0 Å². The maximum absolute atomic E-state index is 12.1. The Balaban J connectivity index is 1.62. The van der Waals surface area contributed by atoms with Crippen LogP contribution in [0.2, 0.25) is 0 Å². The quantitative estimate of drug-likeness (QED) is 0.478. The van der Waals surface area contributed by atoms with Crippen LogP contribution in [-0.4, -0.2) is 21.8 Å². The highest BCUT2D eigenvalue weighted by Gasteiger charge is 2.02. The third-order valence-corrected chi connectivity index (χ3v) is 4.09. The monoisotopic (exact) mass is 370 g/mol. The van der Waals surface area contributed by atoms with Crippen molar-refractivity contribution in [1.82, 2.24) is 0 Å². The molecular weight excluding hydrogens is 352 g/mol. The molecular formula is C24H18O4. The SMILES string of the molecule is O=C(/C=C\c1ccc(/C=C/C(=O)c2ccc(O)cc2)cc1)c1ccc(O)cc1. The van der Waals surface area contributed by atoms with Gasteiger partial charge in [-0.15, -0.1) is 0 Å². The smallest absolute Gasteiger partial charge is 0.185 e. The minimum atomic E-state index is -0.150. The number of phenolic OH excluding ortho intramolecular Hbond substituents is 2. The summed E-state index contributed by atoms with van der Waals surface area (Å²) >= 11 is 0. The number of hydrogen-bond donors (Lipinski definition) is 2. The fourth-order valence-corrected chi connectivity index (χ4v) is 2.51. The van der Waals surface area contributed by atoms with Gasteiger partial charge in [0.25, 0.3) is 0 Å². The molecule has 0 radical (unpaired) electrons. The summed E-state index contributed by atoms with van der Waals surface area (Å²) in [6.45, 7) is 0. The zero-order chi connectivity index (χ0) is 19.9. The van der Waals surface area contributed by atoms with Gasteiger partial charge in [-0.3, -0.25) is 9.59 Å². The van der Waals surface area contributed by atoms with Gasteiger partial charge in [-0.05, 0) is 71.8 Å². The van der Waals surface area contributed by atoms with E-state index in [2.05, 4.69) is 0 Å². The molecule has 0 aliphatic heterocycles. The van der Waals surface area contributed by atoms with E-state index in [0.29, 0.717) is 11.1 Å². The molecule has 0 atom stereocenters. The molecule has 3 aromatic rings. The molecule has 3 aromatic carbocycles. The van der Waals surface area contributed by atoms with Gasteiger partial charge >= 0.3 is 0 Å². The van der Waals surface area contributed by atoms with Gasteiger partial charge in [0.2, 0.25) is 0 Å². The van der Waals surface area contributed by atoms with Gasteiger partial charge in [-0.25, -0.2) is 0 Å². The molecule has 0 bridgehead atoms. The number of rotatable bonds is 6. The lowest BCUT2D eigenvalue weighted by Crippen LogP contribution is -1.93. The second kappa shape index (κ2) is 8.64. The van der Waals surface area contributed by atoms with Gasteiger partial charge in [0.05, 0.1) is 0 Å². The van der Waals surface area contributed by atoms with Crippen molar-refractivity contribution in [3.63, 3.8) is 0 Å². The van der Waals surface area contributed by atoms with Crippen LogP contribution in [0.1, 0.15) is 31.8 Å². The lowest BCUT2D eigenvalue weighted by Gasteiger charge is -1.98. The van der Waals surface area contributed by atoms with Crippen molar-refractivity contribution in [2.75, 3.05) is 0 Å². The van der Waals surface area contributed by atoms with Crippen molar-refractivity contribution in [3.8, 4) is 11.5 Å². The van der Waals surface area contributed by atoms with Gasteiger partial charge in [0, 0.05) is 11.1 Å². The van der Waals surface area contributed by atoms with E-state index in [1.54, 1.807) is 36.4 Å². The summed E-state index contributed by atoms with van der Waals surface area (Å²) in [5, 5.41) is 18.5. The lowest BCUT2D eigenvalue weighted by molar-refractivity contribution is 0.103. The van der Waals surface area contributed by atoms with Crippen molar-refractivity contribution >= 4 is 23.7 Å². The third-order valence-electron chi connectivity index (χ3n) is 4.09. The third kappa shape index (κ3) is 5.05. The normalized spacial score (nSPS) is 11.1. The largest absolute Gasteiger partial charge is 0.508 e. The standard InChI is InChI=1S/C24H18O4/c25-21-11-7-19(8-12-21)23(27)15-5-17-1-2-18(4-3-17)6-16-24(28)20-9-13-22(26)14-10-20/h1-16,25-26H/b15-5-,16-6+. The fraction of sp³-hybridized carbons (Fsp3) is 0. The van der Waals surface area contributed by atoms with Crippen LogP contribution in [0.3, 0.4) is 0 Å². The van der Waals surface area contributed by atoms with Gasteiger partial charge in [0.1, 0.15) is 11.5 Å². The van der Waals surface area contributed by atoms with Crippen LogP contribution in [0.4, 0.5) is 0 Å². The zero-order valence-electron chi connectivity index (χ0n) is 14.9. The van der Waals surface area contributed by atoms with E-state index in [1.165, 1.54) is 36.4 Å². The number of benzene rings is 3. The molecule has 0 heterocycles. The fourth-order valence-electron chi connectivity index (χ4n) is 2.51. The molecule has 138 valence electrons. The van der Waals surface area contributed by atoms with Crippen LogP contribution in [0.5, 0.6) is 11.5 Å². The van der Waals surface area contributed by atoms with Crippen molar-refractivity contribution in [1.29, 1.82) is 0 Å². The molecule has 0 saturated heterocycles. The van der Waals surface area contributed by atoms with E-state index in [0.717, 1.165) is 11.1 Å². The number of allylic oxidation sites excluding steroid dienone is 2. The maximum atomic E-state index is 12.1. The summed E-state index contributed by atoms with van der Waals surface area (Å²) in [6, 6.07) is 19.6. The first-order valence-electron chi connectivity index (χ1n) is 8.64. The van der Waals surface area contributed by atoms with Crippen molar-refractivity contribution < 1.29 is 19.8 Å². The summed E-state index contributed by atoms with van der Waals surface area (Å²) in [6.07, 6.45) is 6.38. The molecule has 0 fully saturated rings. The Labute approximate surface area is 162 Å². The molecule has 3 rings (SSSR count). The van der Waals surface area contributed by atoms with E-state index in [9.17, 15) is 19.8 Å². The van der Waals surface area contributed by atoms with E-state index in [-0.39, 0.29) is 23.1 Å². The number of hydrogen-bond acceptors (Lipinski definition) is 4. The number of aromatic hydroxyl groups is 2. The summed E-state index contributed by atoms with van der Waals surface area (Å²) in [5.74, 6) is -0.0620. The lowest BCUT2D eigenvalue weighted by atomic mass is 10.1. The first kappa shape index (κ1) is 18.9. The topological polar surface area (TPSA) is 74.6 Å². The molecule has 0 aliphatic rings. The molecule has 0 spiro atoms. The number of ketones is 2. The summed E-state index contributed by atoms with van der Waals surface area (Å²) < 4.78 is 0. The Bertz CT molecular complexity index is 939. The molecule has 0 aromatic heterocycles. The van der Waals surface area contributed by atoms with Crippen LogP contribution in [-0.2, 0) is 0 Å². The first-order chi connectivity index (χ1) is 13.5. The van der Waals surface area contributed by atoms with Crippen LogP contribution >= 0.6 is 0 Å². The molecule has 28 heavy (non-hydrogen) atoms. The Kier molecular flexibility index (Phi) is 5.82. The molecule has 2 N–H and O–H groups in total. The Morgan fingerprint density at radius 3 is 1.18 bits per heavy atom. The molecule has 4 heteroatoms. The Morgan fingerprint density at radius 2 is 0.857 bits per heavy atom. The minimum absolute atomic E-state index is 0.119. The minimum Gasteiger partial charge on any atom is -0.508 e. The second-order valence-electron chi connectivity index (χ2n) is 6.16. The average molecular weight is 370 g/mol. The van der Waals surface area contributed by atoms with Gasteiger partial charge in [-0.2, -0.15) is 0 Å². The highest BCUT2D eigenvalue weighted by molar-refractivity contribution is 6.07. The Hall–Kier alpha value is -3.92. The number of carbonyl (C=O) groups excluding carboxylic acids is 2. The highest BCUT2D eigenvalue weighted by Crippen LogP contribution is 2.14. The predicted octanol–water partition coefficient (Wildman–Crippen LogP) is 4.89. The number of carbonyl (C=O) groups is 2. The van der Waals surface area contributed by atoms with Crippen molar-refractivity contribution in [3.05, 3.63) is 107 Å². The highest BCUT2D eigenvalue weighted by atomic mass is 16.3. The zero-order valence-corrected chi connectivity index (χ0v) is 14.9. The van der Waals surface area contributed by atoms with E-state index >= 15 is 0 Å². The van der Waals surface area contributed by atoms with E-state index < -0.39 is 0 Å². The van der Waals surface area contributed by atoms with Crippen LogP contribution < -0.4 is 0 Å². The predicted molar refractivity (Wildman–Crippen MR) is 109 cm³/mol. The van der Waals surface area contributed by atoms with Crippen LogP contribution in [0.25, 0.3) is 12.2 Å². The van der Waals surface area contributed by atoms with Crippen LogP contribution in [0.15, 0.2) is 84.9 Å². The number of phenols is 2. The average Bonchev–Trinajstić information content (AvgIpc) is 2.72. The Morgan fingerprint density at radius 1 is 0.536 bits per heavy atom. The van der Waals surface area contributed by atoms with E-state index in [1.807, 2.05) is 24.3 Å². The molecule has 0 amide bonds. The second-order valence-corrected chi connectivity index (χ2v) is 6.16. The molecule has 4 nitrogen and oxygen atoms in total. The summed E-state index contributed by atoms with van der Waals surface area (Å²) in [4.78, 5) is 24.2. The van der Waals surface area contributed by atoms with Gasteiger partial charge < -0.3 is 10.2 Å². The molecule has 0 saturated carbocycles. The van der Waals surface area contributed by atoms with Gasteiger partial charge in [0.15, 0.2) is 11.6 Å². The summed E-state index contributed by atoms with van der Waals surface area (Å²) in [5.41, 5.74) is 2.71. The van der Waals surface area contributed by atoms with Crippen LogP contribution in [0, 0.1) is 0 Å². The maximum Gasteiger partial charge on any atom is 0.185 e.